The molecule has 2 saturated heterocycles. The zero-order chi connectivity index (χ0) is 25.6. The van der Waals surface area contributed by atoms with Gasteiger partial charge in [0, 0.05) is 57.1 Å². The van der Waals surface area contributed by atoms with Crippen LogP contribution >= 0.6 is 0 Å². The molecule has 2 aromatic heterocycles. The van der Waals surface area contributed by atoms with Crippen LogP contribution in [0.25, 0.3) is 17.3 Å². The Hall–Kier alpha value is -3.76. The smallest absolute Gasteiger partial charge is 0.169 e. The van der Waals surface area contributed by atoms with Gasteiger partial charge in [-0.1, -0.05) is 18.2 Å². The van der Waals surface area contributed by atoms with Crippen LogP contribution in [-0.4, -0.2) is 88.7 Å². The number of phenols is 1. The number of rotatable bonds is 6. The molecule has 2 aliphatic rings. The van der Waals surface area contributed by atoms with E-state index in [1.54, 1.807) is 12.1 Å². The van der Waals surface area contributed by atoms with Crippen molar-refractivity contribution in [1.82, 2.24) is 25.1 Å². The van der Waals surface area contributed by atoms with Crippen molar-refractivity contribution in [3.63, 3.8) is 0 Å². The van der Waals surface area contributed by atoms with Crippen molar-refractivity contribution in [3.8, 4) is 17.0 Å². The van der Waals surface area contributed by atoms with E-state index in [1.807, 2.05) is 36.5 Å². The summed E-state index contributed by atoms with van der Waals surface area (Å²) in [5.74, 6) is 2.19. The molecule has 2 aliphatic heterocycles. The van der Waals surface area contributed by atoms with E-state index in [0.29, 0.717) is 28.9 Å². The van der Waals surface area contributed by atoms with E-state index in [-0.39, 0.29) is 5.75 Å². The highest BCUT2D eigenvalue weighted by molar-refractivity contribution is 5.74. The SMILES string of the molecule is C[C@@H]1CCN(c2cc(-c3ccccc3O)nnc2N)CCN1c1ccnc(C=CCN2CCOCC2)n1. The number of aromatic hydroxyl groups is 1. The average Bonchev–Trinajstić information content (AvgIpc) is 3.12. The molecule has 10 nitrogen and oxygen atoms in total. The molecule has 0 spiro atoms. The maximum absolute atomic E-state index is 10.3. The lowest BCUT2D eigenvalue weighted by atomic mass is 10.1. The first-order valence-electron chi connectivity index (χ1n) is 12.8. The van der Waals surface area contributed by atoms with Crippen LogP contribution < -0.4 is 15.5 Å². The highest BCUT2D eigenvalue weighted by Crippen LogP contribution is 2.32. The largest absolute Gasteiger partial charge is 0.507 e. The molecule has 1 aromatic carbocycles. The van der Waals surface area contributed by atoms with E-state index in [2.05, 4.69) is 42.9 Å². The zero-order valence-electron chi connectivity index (χ0n) is 21.2. The lowest BCUT2D eigenvalue weighted by molar-refractivity contribution is 0.0435. The van der Waals surface area contributed by atoms with Crippen molar-refractivity contribution < 1.29 is 9.84 Å². The summed E-state index contributed by atoms with van der Waals surface area (Å²) in [5.41, 5.74) is 8.32. The van der Waals surface area contributed by atoms with Gasteiger partial charge in [-0.15, -0.1) is 10.2 Å². The number of phenolic OH excluding ortho intramolecular Hbond substituents is 1. The molecule has 2 fully saturated rings. The average molecular weight is 503 g/mol. The monoisotopic (exact) mass is 502 g/mol. The third kappa shape index (κ3) is 5.98. The van der Waals surface area contributed by atoms with Gasteiger partial charge in [0.1, 0.15) is 11.6 Å². The third-order valence-electron chi connectivity index (χ3n) is 6.97. The number of nitrogens with two attached hydrogens (primary N) is 1. The molecule has 0 amide bonds. The highest BCUT2D eigenvalue weighted by Gasteiger charge is 2.24. The summed E-state index contributed by atoms with van der Waals surface area (Å²) in [7, 11) is 0. The molecule has 194 valence electrons. The van der Waals surface area contributed by atoms with Crippen LogP contribution in [-0.2, 0) is 4.74 Å². The molecule has 10 heteroatoms. The van der Waals surface area contributed by atoms with Crippen LogP contribution in [0.4, 0.5) is 17.3 Å². The van der Waals surface area contributed by atoms with Gasteiger partial charge < -0.3 is 25.4 Å². The Balaban J connectivity index is 1.29. The molecule has 0 unspecified atom stereocenters. The first-order valence-corrected chi connectivity index (χ1v) is 12.8. The third-order valence-corrected chi connectivity index (χ3v) is 6.97. The second-order valence-electron chi connectivity index (χ2n) is 9.42. The maximum atomic E-state index is 10.3. The van der Waals surface area contributed by atoms with Crippen LogP contribution in [0.1, 0.15) is 19.2 Å². The van der Waals surface area contributed by atoms with Crippen LogP contribution in [0.3, 0.4) is 0 Å². The molecule has 3 aromatic rings. The fourth-order valence-corrected chi connectivity index (χ4v) is 4.80. The molecule has 37 heavy (non-hydrogen) atoms. The lowest BCUT2D eigenvalue weighted by Gasteiger charge is -2.28. The van der Waals surface area contributed by atoms with Crippen LogP contribution in [0.5, 0.6) is 5.75 Å². The number of hydrogen-bond donors (Lipinski definition) is 2. The van der Waals surface area contributed by atoms with Crippen LogP contribution in [0.2, 0.25) is 0 Å². The van der Waals surface area contributed by atoms with Crippen molar-refractivity contribution in [2.24, 2.45) is 0 Å². The van der Waals surface area contributed by atoms with Crippen molar-refractivity contribution in [1.29, 1.82) is 0 Å². The number of anilines is 3. The van der Waals surface area contributed by atoms with Crippen LogP contribution in [0.15, 0.2) is 48.7 Å². The quantitative estimate of drug-likeness (QED) is 0.521. The van der Waals surface area contributed by atoms with Crippen molar-refractivity contribution in [2.75, 3.05) is 68.0 Å². The van der Waals surface area contributed by atoms with Gasteiger partial charge in [-0.3, -0.25) is 4.90 Å². The molecule has 4 heterocycles. The van der Waals surface area contributed by atoms with E-state index < -0.39 is 0 Å². The Bertz CT molecular complexity index is 1230. The van der Waals surface area contributed by atoms with Gasteiger partial charge in [0.25, 0.3) is 0 Å². The predicted octanol–water partition coefficient (Wildman–Crippen LogP) is 2.67. The Morgan fingerprint density at radius 2 is 1.92 bits per heavy atom. The van der Waals surface area contributed by atoms with Gasteiger partial charge in [-0.05, 0) is 43.7 Å². The maximum Gasteiger partial charge on any atom is 0.169 e. The van der Waals surface area contributed by atoms with Crippen molar-refractivity contribution in [2.45, 2.75) is 19.4 Å². The van der Waals surface area contributed by atoms with Crippen molar-refractivity contribution >= 4 is 23.4 Å². The molecule has 0 radical (unpaired) electrons. The van der Waals surface area contributed by atoms with E-state index in [9.17, 15) is 5.11 Å². The molecule has 0 bridgehead atoms. The Labute approximate surface area is 217 Å². The van der Waals surface area contributed by atoms with E-state index in [1.165, 1.54) is 0 Å². The van der Waals surface area contributed by atoms with E-state index in [4.69, 9.17) is 15.5 Å². The predicted molar refractivity (Wildman–Crippen MR) is 146 cm³/mol. The fourth-order valence-electron chi connectivity index (χ4n) is 4.80. The fraction of sp³-hybridized carbons (Fsp3) is 0.407. The molecular weight excluding hydrogens is 468 g/mol. The van der Waals surface area contributed by atoms with E-state index >= 15 is 0 Å². The summed E-state index contributed by atoms with van der Waals surface area (Å²) in [6.45, 7) is 8.96. The minimum atomic E-state index is 0.168. The number of para-hydroxylation sites is 1. The van der Waals surface area contributed by atoms with Gasteiger partial charge in [0.15, 0.2) is 11.6 Å². The number of benzene rings is 1. The minimum Gasteiger partial charge on any atom is -0.507 e. The standard InChI is InChI=1S/C27H34N8O2/c1-20-9-12-34(23-19-22(31-32-27(23)28)21-5-2-3-6-24(21)36)13-14-35(20)26-8-10-29-25(30-26)7-4-11-33-15-17-37-18-16-33/h2-8,10,19-20,36H,9,11-18H2,1H3,(H2,28,32)/t20-/m1/s1. The number of aromatic nitrogens is 4. The normalized spacial score (nSPS) is 19.3. The number of morpholine rings is 1. The Morgan fingerprint density at radius 1 is 1.08 bits per heavy atom. The first-order chi connectivity index (χ1) is 18.1. The number of nitrogens with zero attached hydrogens (tertiary/aromatic N) is 7. The zero-order valence-corrected chi connectivity index (χ0v) is 21.2. The van der Waals surface area contributed by atoms with Crippen LogP contribution in [0, 0.1) is 0 Å². The summed E-state index contributed by atoms with van der Waals surface area (Å²) in [6.07, 6.45) is 6.88. The molecule has 3 N–H and O–H groups in total. The topological polar surface area (TPSA) is 117 Å². The highest BCUT2D eigenvalue weighted by atomic mass is 16.5. The van der Waals surface area contributed by atoms with E-state index in [0.717, 1.165) is 70.4 Å². The minimum absolute atomic E-state index is 0.168. The lowest BCUT2D eigenvalue weighted by Crippen LogP contribution is -2.36. The summed E-state index contributed by atoms with van der Waals surface area (Å²) >= 11 is 0. The summed E-state index contributed by atoms with van der Waals surface area (Å²) in [6, 6.07) is 11.3. The number of nitrogen functional groups attached to an aromatic ring is 1. The van der Waals surface area contributed by atoms with Crippen molar-refractivity contribution in [3.05, 3.63) is 54.5 Å². The number of ether oxygens (including phenoxy) is 1. The Kier molecular flexibility index (Phi) is 7.76. The molecular formula is C27H34N8O2. The molecule has 0 saturated carbocycles. The second kappa shape index (κ2) is 11.5. The molecule has 1 atom stereocenters. The second-order valence-corrected chi connectivity index (χ2v) is 9.42. The molecule has 5 rings (SSSR count). The summed E-state index contributed by atoms with van der Waals surface area (Å²) in [5, 5.41) is 18.7. The van der Waals surface area contributed by atoms with Gasteiger partial charge in [-0.2, -0.15) is 0 Å². The summed E-state index contributed by atoms with van der Waals surface area (Å²) < 4.78 is 5.42. The van der Waals surface area contributed by atoms with Gasteiger partial charge in [-0.25, -0.2) is 9.97 Å². The number of hydrogen-bond acceptors (Lipinski definition) is 10. The summed E-state index contributed by atoms with van der Waals surface area (Å²) in [4.78, 5) is 16.2. The Morgan fingerprint density at radius 3 is 2.76 bits per heavy atom. The molecule has 0 aliphatic carbocycles. The van der Waals surface area contributed by atoms with Gasteiger partial charge in [0.2, 0.25) is 0 Å². The van der Waals surface area contributed by atoms with Gasteiger partial charge in [0.05, 0.1) is 24.6 Å². The van der Waals surface area contributed by atoms with Gasteiger partial charge >= 0.3 is 0 Å². The first kappa shape index (κ1) is 24.9.